The quantitative estimate of drug-likeness (QED) is 0.129. The van der Waals surface area contributed by atoms with Crippen molar-refractivity contribution >= 4 is 85.1 Å². The first-order valence-corrected chi connectivity index (χ1v) is 20.3. The zero-order valence-electron chi connectivity index (χ0n) is 33.9. The third kappa shape index (κ3) is 8.02. The summed E-state index contributed by atoms with van der Waals surface area (Å²) in [5.41, 5.74) is 5.61. The van der Waals surface area contributed by atoms with E-state index in [4.69, 9.17) is 29.4 Å². The summed E-state index contributed by atoms with van der Waals surface area (Å²) in [6, 6.07) is 5.87. The predicted octanol–water partition coefficient (Wildman–Crippen LogP) is 3.06. The molecule has 1 aromatic carbocycles. The molecule has 0 aliphatic carbocycles. The summed E-state index contributed by atoms with van der Waals surface area (Å²) in [4.78, 5) is 63.6. The molecule has 23 heteroatoms. The first-order valence-electron chi connectivity index (χ1n) is 19.5. The number of aromatic amines is 1. The number of hydrogen-bond acceptors (Lipinski definition) is 16. The molecule has 0 bridgehead atoms. The third-order valence-electron chi connectivity index (χ3n) is 10.5. The number of halogens is 1. The molecule has 2 fully saturated rings. The van der Waals surface area contributed by atoms with Crippen LogP contribution in [-0.2, 0) is 30.2 Å². The van der Waals surface area contributed by atoms with Crippen molar-refractivity contribution in [3.63, 3.8) is 0 Å². The average molecular weight is 896 g/mol. The van der Waals surface area contributed by atoms with Crippen molar-refractivity contribution in [2.24, 2.45) is 14.1 Å². The number of rotatable bonds is 12. The van der Waals surface area contributed by atoms with E-state index in [1.165, 1.54) is 0 Å². The summed E-state index contributed by atoms with van der Waals surface area (Å²) in [6.07, 6.45) is 5.26. The van der Waals surface area contributed by atoms with E-state index in [-0.39, 0.29) is 18.2 Å². The number of nitrogens with zero attached hydrogens (tertiary/aromatic N) is 14. The molecule has 2 saturated heterocycles. The number of hydrogen-bond donors (Lipinski definition) is 4. The molecule has 61 heavy (non-hydrogen) atoms. The van der Waals surface area contributed by atoms with E-state index in [1.807, 2.05) is 40.5 Å². The van der Waals surface area contributed by atoms with Crippen LogP contribution in [0.15, 0.2) is 53.5 Å². The monoisotopic (exact) mass is 894 g/mol. The van der Waals surface area contributed by atoms with Crippen LogP contribution in [0, 0.1) is 6.92 Å². The molecule has 2 aliphatic heterocycles. The predicted molar refractivity (Wildman–Crippen MR) is 229 cm³/mol. The van der Waals surface area contributed by atoms with Gasteiger partial charge in [0.2, 0.25) is 23.8 Å². The van der Waals surface area contributed by atoms with E-state index >= 15 is 0 Å². The number of piperazine rings is 1. The zero-order valence-corrected chi connectivity index (χ0v) is 35.5. The van der Waals surface area contributed by atoms with E-state index < -0.39 is 12.0 Å². The minimum atomic E-state index is -0.532. The molecule has 0 radical (unpaired) electrons. The third-order valence-corrected chi connectivity index (χ3v) is 11.1. The second-order valence-electron chi connectivity index (χ2n) is 14.9. The van der Waals surface area contributed by atoms with E-state index in [0.29, 0.717) is 104 Å². The molecule has 9 rings (SSSR count). The highest BCUT2D eigenvalue weighted by molar-refractivity contribution is 9.10. The van der Waals surface area contributed by atoms with Gasteiger partial charge in [0.1, 0.15) is 18.1 Å². The van der Waals surface area contributed by atoms with Crippen molar-refractivity contribution in [1.29, 1.82) is 0 Å². The highest BCUT2D eigenvalue weighted by Crippen LogP contribution is 2.31. The summed E-state index contributed by atoms with van der Waals surface area (Å²) in [5, 5.41) is 18.4. The number of amides is 2. The molecule has 22 nitrogen and oxygen atoms in total. The molecule has 0 spiro atoms. The van der Waals surface area contributed by atoms with E-state index in [1.54, 1.807) is 47.0 Å². The second kappa shape index (κ2) is 16.2. The summed E-state index contributed by atoms with van der Waals surface area (Å²) < 4.78 is 16.8. The largest absolute Gasteiger partial charge is 0.478 e. The Kier molecular flexibility index (Phi) is 10.5. The molecule has 316 valence electrons. The topological polar surface area (TPSA) is 232 Å². The number of anilines is 5. The molecule has 7 aromatic rings. The van der Waals surface area contributed by atoms with Gasteiger partial charge in [-0.2, -0.15) is 29.5 Å². The van der Waals surface area contributed by atoms with Crippen molar-refractivity contribution in [3.8, 4) is 5.88 Å². The van der Waals surface area contributed by atoms with E-state index in [2.05, 4.69) is 69.7 Å². The number of methoxy groups -OCH3 is 1. The normalized spacial score (nSPS) is 15.6. The number of ether oxygens (including phenoxy) is 2. The van der Waals surface area contributed by atoms with Gasteiger partial charge in [-0.1, -0.05) is 12.6 Å². The van der Waals surface area contributed by atoms with Crippen LogP contribution < -0.4 is 30.5 Å². The van der Waals surface area contributed by atoms with Crippen LogP contribution in [-0.4, -0.2) is 135 Å². The lowest BCUT2D eigenvalue weighted by atomic mass is 10.2. The van der Waals surface area contributed by atoms with Gasteiger partial charge >= 0.3 is 6.09 Å². The molecule has 0 saturated carbocycles. The minimum absolute atomic E-state index is 0.140. The van der Waals surface area contributed by atoms with Gasteiger partial charge in [-0.05, 0) is 47.0 Å². The van der Waals surface area contributed by atoms with Crippen LogP contribution in [0.1, 0.15) is 17.8 Å². The van der Waals surface area contributed by atoms with Gasteiger partial charge in [-0.25, -0.2) is 14.8 Å². The van der Waals surface area contributed by atoms with Gasteiger partial charge in [-0.3, -0.25) is 9.48 Å². The first kappa shape index (κ1) is 39.4. The maximum atomic E-state index is 13.2. The van der Waals surface area contributed by atoms with Crippen LogP contribution >= 0.6 is 15.9 Å². The molecule has 1 unspecified atom stereocenters. The number of fused-ring (bicyclic) bond motifs is 3. The van der Waals surface area contributed by atoms with Gasteiger partial charge in [0.15, 0.2) is 22.6 Å². The maximum absolute atomic E-state index is 13.2. The van der Waals surface area contributed by atoms with Crippen LogP contribution in [0.4, 0.5) is 34.1 Å². The van der Waals surface area contributed by atoms with Gasteiger partial charge in [-0.15, -0.1) is 5.10 Å². The van der Waals surface area contributed by atoms with Crippen LogP contribution in [0.5, 0.6) is 5.88 Å². The molecule has 8 heterocycles. The average Bonchev–Trinajstić information content (AvgIpc) is 4.11. The van der Waals surface area contributed by atoms with Gasteiger partial charge in [0.05, 0.1) is 47.9 Å². The number of aromatic nitrogens is 12. The Hall–Kier alpha value is -7.04. The molecule has 6 aromatic heterocycles. The number of carbonyl (C=O) groups excluding carboxylic acids is 2. The molecule has 4 N–H and O–H groups in total. The van der Waals surface area contributed by atoms with Crippen molar-refractivity contribution in [2.75, 3.05) is 73.4 Å². The lowest BCUT2D eigenvalue weighted by Crippen LogP contribution is -2.49. The highest BCUT2D eigenvalue weighted by atomic mass is 79.9. The summed E-state index contributed by atoms with van der Waals surface area (Å²) >= 11 is 3.55. The molecular formula is C38H43BrN18O4. The second-order valence-corrected chi connectivity index (χ2v) is 15.8. The van der Waals surface area contributed by atoms with Crippen LogP contribution in [0.2, 0.25) is 0 Å². The lowest BCUT2D eigenvalue weighted by Gasteiger charge is -2.34. The lowest BCUT2D eigenvalue weighted by molar-refractivity contribution is -0.118. The van der Waals surface area contributed by atoms with Crippen molar-refractivity contribution in [2.45, 2.75) is 25.9 Å². The molecule has 2 aliphatic rings. The Morgan fingerprint density at radius 2 is 1.82 bits per heavy atom. The van der Waals surface area contributed by atoms with Gasteiger partial charge < -0.3 is 49.7 Å². The van der Waals surface area contributed by atoms with E-state index in [0.717, 1.165) is 26.9 Å². The van der Waals surface area contributed by atoms with Crippen LogP contribution in [0.25, 0.3) is 27.8 Å². The van der Waals surface area contributed by atoms with Gasteiger partial charge in [0.25, 0.3) is 5.88 Å². The smallest absolute Gasteiger partial charge is 0.410 e. The summed E-state index contributed by atoms with van der Waals surface area (Å²) in [7, 11) is 5.22. The Morgan fingerprint density at radius 1 is 1.02 bits per heavy atom. The molecule has 2 amide bonds. The van der Waals surface area contributed by atoms with E-state index in [9.17, 15) is 9.59 Å². The van der Waals surface area contributed by atoms with Crippen molar-refractivity contribution < 1.29 is 19.1 Å². The van der Waals surface area contributed by atoms with Gasteiger partial charge in [0, 0.05) is 65.0 Å². The number of nitrogens with one attached hydrogen (secondary N) is 4. The SMILES string of the molecule is C=C(COC(=O)N1CCN(c2nc(NCc3nc4ccc(C)cc4[nH]3)n3ncc(Br)c3n2)CC1)C(=O)NC1CCN(c2nc(Nc3cn(C)nc3OC)c3ncn(C)c3n2)C1. The summed E-state index contributed by atoms with van der Waals surface area (Å²) in [5.74, 6) is 2.76. The Morgan fingerprint density at radius 3 is 2.64 bits per heavy atom. The van der Waals surface area contributed by atoms with Crippen LogP contribution in [0.3, 0.4) is 0 Å². The van der Waals surface area contributed by atoms with Crippen molar-refractivity contribution in [3.05, 3.63) is 64.9 Å². The maximum Gasteiger partial charge on any atom is 0.410 e. The fraction of sp³-hybridized carbons (Fsp3) is 0.368. The summed E-state index contributed by atoms with van der Waals surface area (Å²) in [6.45, 7) is 8.82. The fourth-order valence-electron chi connectivity index (χ4n) is 7.32. The number of aryl methyl sites for hydroxylation is 3. The number of H-pyrrole nitrogens is 1. The number of carbonyl (C=O) groups is 2. The highest BCUT2D eigenvalue weighted by Gasteiger charge is 2.29. The zero-order chi connectivity index (χ0) is 42.4. The minimum Gasteiger partial charge on any atom is -0.478 e. The Labute approximate surface area is 356 Å². The Balaban J connectivity index is 0.768. The molecule has 1 atom stereocenters. The molecular weight excluding hydrogens is 852 g/mol. The van der Waals surface area contributed by atoms with Crippen molar-refractivity contribution in [1.82, 2.24) is 69.1 Å². The Bertz CT molecular complexity index is 2800. The standard InChI is InChI=1S/C38H43BrN18O4/c1-21-6-7-25-26(14-21)45-28(44-25)16-40-35-50-37(48-31-24(39)15-42-57(31)35)54-10-12-55(13-11-54)38(59)61-19-22(2)33(58)43-23-8-9-56(17-23)36-47-30(29-32(49-36)52(3)20-41-29)46-27-18-53(4)51-34(27)60-5/h6-7,14-15,18,20,23H,2,8-13,16-17,19H2,1,3-5H3,(H,43,58)(H,44,45)(H,40,48,50)(H,46,47,49). The number of benzene rings is 1. The number of imidazole rings is 2. The fourth-order valence-corrected chi connectivity index (χ4v) is 7.66. The first-order chi connectivity index (χ1) is 29.5.